The van der Waals surface area contributed by atoms with Gasteiger partial charge in [-0.25, -0.2) is 0 Å². The number of rotatable bonds is 6. The zero-order valence-corrected chi connectivity index (χ0v) is 13.4. The molecule has 0 saturated carbocycles. The average molecular weight is 279 g/mol. The van der Waals surface area contributed by atoms with Gasteiger partial charge in [0, 0.05) is 25.2 Å². The van der Waals surface area contributed by atoms with Crippen molar-refractivity contribution in [2.75, 3.05) is 26.7 Å². The third kappa shape index (κ3) is 4.03. The molecule has 1 fully saturated rings. The lowest BCUT2D eigenvalue weighted by atomic mass is 10.0. The van der Waals surface area contributed by atoms with Gasteiger partial charge in [0.25, 0.3) is 0 Å². The van der Waals surface area contributed by atoms with Crippen molar-refractivity contribution in [1.82, 2.24) is 24.6 Å². The van der Waals surface area contributed by atoms with E-state index in [0.29, 0.717) is 6.04 Å². The van der Waals surface area contributed by atoms with Crippen LogP contribution >= 0.6 is 0 Å². The summed E-state index contributed by atoms with van der Waals surface area (Å²) in [6.07, 6.45) is 5.94. The fourth-order valence-electron chi connectivity index (χ4n) is 2.92. The summed E-state index contributed by atoms with van der Waals surface area (Å²) in [5.74, 6) is 1.06. The molecule has 114 valence electrons. The van der Waals surface area contributed by atoms with Crippen LogP contribution in [0.1, 0.15) is 51.9 Å². The highest BCUT2D eigenvalue weighted by molar-refractivity contribution is 4.88. The lowest BCUT2D eigenvalue weighted by Crippen LogP contribution is -2.41. The molecule has 2 rings (SSSR count). The van der Waals surface area contributed by atoms with Crippen molar-refractivity contribution >= 4 is 0 Å². The molecule has 1 aromatic rings. The number of likely N-dealkylation sites (tertiary alicyclic amines) is 1. The fraction of sp³-hybridized carbons (Fsp3) is 0.867. The molecule has 0 N–H and O–H groups in total. The van der Waals surface area contributed by atoms with Crippen molar-refractivity contribution in [3.63, 3.8) is 0 Å². The number of likely N-dealkylation sites (N-methyl/N-ethyl adjacent to an activating group) is 1. The highest BCUT2D eigenvalue weighted by Crippen LogP contribution is 2.16. The van der Waals surface area contributed by atoms with Crippen molar-refractivity contribution in [3.05, 3.63) is 12.2 Å². The molecule has 0 aromatic carbocycles. The maximum Gasteiger partial charge on any atom is 0.147 e. The van der Waals surface area contributed by atoms with E-state index in [1.54, 1.807) is 0 Å². The molecule has 1 aliphatic rings. The first-order chi connectivity index (χ1) is 9.58. The number of hydrogen-bond donors (Lipinski definition) is 0. The number of nitrogens with zero attached hydrogens (tertiary/aromatic N) is 5. The maximum atomic E-state index is 4.24. The minimum atomic E-state index is 0.426. The molecule has 20 heavy (non-hydrogen) atoms. The summed E-state index contributed by atoms with van der Waals surface area (Å²) in [6.45, 7) is 11.1. The fourth-order valence-corrected chi connectivity index (χ4v) is 2.92. The molecule has 0 bridgehead atoms. The molecule has 5 heteroatoms. The number of hydrogen-bond acceptors (Lipinski definition) is 4. The molecule has 1 atom stereocenters. The van der Waals surface area contributed by atoms with E-state index in [-0.39, 0.29) is 0 Å². The molecule has 0 aliphatic carbocycles. The molecular weight excluding hydrogens is 250 g/mol. The molecule has 0 amide bonds. The third-order valence-corrected chi connectivity index (χ3v) is 4.32. The lowest BCUT2D eigenvalue weighted by molar-refractivity contribution is 0.140. The molecular formula is C15H29N5. The van der Waals surface area contributed by atoms with Crippen LogP contribution in [0.2, 0.25) is 0 Å². The first-order valence-electron chi connectivity index (χ1n) is 7.89. The predicted molar refractivity (Wildman–Crippen MR) is 81.6 cm³/mol. The summed E-state index contributed by atoms with van der Waals surface area (Å²) >= 11 is 0. The van der Waals surface area contributed by atoms with E-state index in [1.807, 2.05) is 6.33 Å². The highest BCUT2D eigenvalue weighted by atomic mass is 15.3. The van der Waals surface area contributed by atoms with Gasteiger partial charge in [-0.15, -0.1) is 10.2 Å². The van der Waals surface area contributed by atoms with E-state index >= 15 is 0 Å². The second kappa shape index (κ2) is 7.18. The SMILES string of the molecule is CC(C)n1cnnc1CN(C)CCN1CCCC[C@@H]1C. The lowest BCUT2D eigenvalue weighted by Gasteiger charge is -2.34. The smallest absolute Gasteiger partial charge is 0.147 e. The Balaban J connectivity index is 1.80. The zero-order valence-electron chi connectivity index (χ0n) is 13.4. The summed E-state index contributed by atoms with van der Waals surface area (Å²) in [5, 5.41) is 8.28. The van der Waals surface area contributed by atoms with E-state index in [0.717, 1.165) is 31.5 Å². The van der Waals surface area contributed by atoms with Crippen LogP contribution < -0.4 is 0 Å². The van der Waals surface area contributed by atoms with Crippen LogP contribution in [0.3, 0.4) is 0 Å². The van der Waals surface area contributed by atoms with Gasteiger partial charge in [0.2, 0.25) is 0 Å². The number of aromatic nitrogens is 3. The van der Waals surface area contributed by atoms with Gasteiger partial charge >= 0.3 is 0 Å². The van der Waals surface area contributed by atoms with Gasteiger partial charge < -0.3 is 4.57 Å². The average Bonchev–Trinajstić information content (AvgIpc) is 2.86. The molecule has 0 unspecified atom stereocenters. The van der Waals surface area contributed by atoms with Crippen LogP contribution in [0.4, 0.5) is 0 Å². The van der Waals surface area contributed by atoms with Crippen LogP contribution in [-0.2, 0) is 6.54 Å². The second-order valence-corrected chi connectivity index (χ2v) is 6.37. The van der Waals surface area contributed by atoms with Crippen LogP contribution in [0.15, 0.2) is 6.33 Å². The van der Waals surface area contributed by atoms with Crippen LogP contribution in [0.25, 0.3) is 0 Å². The van der Waals surface area contributed by atoms with Crippen LogP contribution in [-0.4, -0.2) is 57.3 Å². The van der Waals surface area contributed by atoms with Crippen LogP contribution in [0.5, 0.6) is 0 Å². The highest BCUT2D eigenvalue weighted by Gasteiger charge is 2.18. The van der Waals surface area contributed by atoms with Gasteiger partial charge in [0.1, 0.15) is 12.2 Å². The Morgan fingerprint density at radius 3 is 2.90 bits per heavy atom. The standard InChI is InChI=1S/C15H29N5/c1-13(2)20-12-16-17-15(20)11-18(4)9-10-19-8-6-5-7-14(19)3/h12-14H,5-11H2,1-4H3/t14-/m0/s1. The Hall–Kier alpha value is -0.940. The van der Waals surface area contributed by atoms with Crippen molar-refractivity contribution in [1.29, 1.82) is 0 Å². The van der Waals surface area contributed by atoms with Gasteiger partial charge in [0.15, 0.2) is 0 Å². The molecule has 1 aromatic heterocycles. The van der Waals surface area contributed by atoms with E-state index in [4.69, 9.17) is 0 Å². The molecule has 1 aliphatic heterocycles. The van der Waals surface area contributed by atoms with Crippen molar-refractivity contribution in [3.8, 4) is 0 Å². The summed E-state index contributed by atoms with van der Waals surface area (Å²) in [7, 11) is 2.17. The largest absolute Gasteiger partial charge is 0.314 e. The summed E-state index contributed by atoms with van der Waals surface area (Å²) in [5.41, 5.74) is 0. The van der Waals surface area contributed by atoms with Gasteiger partial charge in [-0.3, -0.25) is 9.80 Å². The van der Waals surface area contributed by atoms with Crippen molar-refractivity contribution in [2.45, 2.75) is 58.7 Å². The minimum absolute atomic E-state index is 0.426. The number of piperidine rings is 1. The van der Waals surface area contributed by atoms with Gasteiger partial charge in [-0.2, -0.15) is 0 Å². The van der Waals surface area contributed by atoms with E-state index in [1.165, 1.54) is 25.8 Å². The zero-order chi connectivity index (χ0) is 14.5. The quantitative estimate of drug-likeness (QED) is 0.800. The second-order valence-electron chi connectivity index (χ2n) is 6.37. The monoisotopic (exact) mass is 279 g/mol. The van der Waals surface area contributed by atoms with E-state index in [2.05, 4.69) is 52.4 Å². The summed E-state index contributed by atoms with van der Waals surface area (Å²) in [6, 6.07) is 1.17. The molecule has 0 radical (unpaired) electrons. The Morgan fingerprint density at radius 1 is 1.40 bits per heavy atom. The summed E-state index contributed by atoms with van der Waals surface area (Å²) < 4.78 is 2.15. The Labute approximate surface area is 123 Å². The van der Waals surface area contributed by atoms with E-state index in [9.17, 15) is 0 Å². The molecule has 1 saturated heterocycles. The van der Waals surface area contributed by atoms with Crippen molar-refractivity contribution in [2.24, 2.45) is 0 Å². The van der Waals surface area contributed by atoms with Gasteiger partial charge in [0.05, 0.1) is 6.54 Å². The molecule has 0 spiro atoms. The molecule has 2 heterocycles. The first kappa shape index (κ1) is 15.4. The van der Waals surface area contributed by atoms with Gasteiger partial charge in [-0.1, -0.05) is 6.42 Å². The van der Waals surface area contributed by atoms with E-state index < -0.39 is 0 Å². The maximum absolute atomic E-state index is 4.24. The predicted octanol–water partition coefficient (Wildman–Crippen LogP) is 2.17. The first-order valence-corrected chi connectivity index (χ1v) is 7.89. The van der Waals surface area contributed by atoms with Gasteiger partial charge in [-0.05, 0) is 47.2 Å². The summed E-state index contributed by atoms with van der Waals surface area (Å²) in [4.78, 5) is 4.97. The van der Waals surface area contributed by atoms with Crippen LogP contribution in [0, 0.1) is 0 Å². The Morgan fingerprint density at radius 2 is 2.20 bits per heavy atom. The normalized spacial score (nSPS) is 21.0. The minimum Gasteiger partial charge on any atom is -0.314 e. The topological polar surface area (TPSA) is 37.2 Å². The van der Waals surface area contributed by atoms with Crippen molar-refractivity contribution < 1.29 is 0 Å². The molecule has 5 nitrogen and oxygen atoms in total. The Kier molecular flexibility index (Phi) is 5.54. The Bertz CT molecular complexity index is 401. The third-order valence-electron chi connectivity index (χ3n) is 4.32.